The Hall–Kier alpha value is -0.120. The number of hydrogen-bond acceptors (Lipinski definition) is 3. The van der Waals surface area contributed by atoms with Crippen LogP contribution in [0.4, 0.5) is 0 Å². The van der Waals surface area contributed by atoms with Crippen molar-refractivity contribution in [1.29, 1.82) is 0 Å². The maximum atomic E-state index is 9.23. The maximum Gasteiger partial charge on any atom is 0.0497 e. The van der Waals surface area contributed by atoms with E-state index in [9.17, 15) is 5.11 Å². The van der Waals surface area contributed by atoms with Crippen LogP contribution in [0.2, 0.25) is 0 Å². The first-order valence-electron chi connectivity index (χ1n) is 5.12. The van der Waals surface area contributed by atoms with Crippen molar-refractivity contribution in [1.82, 2.24) is 4.90 Å². The topological polar surface area (TPSA) is 49.5 Å². The van der Waals surface area contributed by atoms with Crippen LogP contribution in [-0.4, -0.2) is 42.8 Å². The second-order valence-electron chi connectivity index (χ2n) is 4.65. The first-order valence-corrected chi connectivity index (χ1v) is 5.12. The van der Waals surface area contributed by atoms with E-state index in [1.54, 1.807) is 0 Å². The molecule has 0 aliphatic carbocycles. The quantitative estimate of drug-likeness (QED) is 0.669. The highest BCUT2D eigenvalue weighted by Gasteiger charge is 2.30. The Morgan fingerprint density at radius 2 is 2.31 bits per heavy atom. The van der Waals surface area contributed by atoms with Gasteiger partial charge in [-0.1, -0.05) is 6.92 Å². The van der Waals surface area contributed by atoms with Crippen molar-refractivity contribution < 1.29 is 5.11 Å². The average Bonchev–Trinajstić information content (AvgIpc) is 2.52. The second-order valence-corrected chi connectivity index (χ2v) is 4.65. The van der Waals surface area contributed by atoms with Crippen molar-refractivity contribution in [3.8, 4) is 0 Å². The van der Waals surface area contributed by atoms with E-state index < -0.39 is 0 Å². The van der Waals surface area contributed by atoms with Crippen molar-refractivity contribution >= 4 is 0 Å². The maximum absolute atomic E-state index is 9.23. The second kappa shape index (κ2) is 4.40. The van der Waals surface area contributed by atoms with Gasteiger partial charge in [-0.2, -0.15) is 0 Å². The van der Waals surface area contributed by atoms with Gasteiger partial charge in [0.05, 0.1) is 0 Å². The van der Waals surface area contributed by atoms with Gasteiger partial charge >= 0.3 is 0 Å². The first-order chi connectivity index (χ1) is 6.11. The van der Waals surface area contributed by atoms with Crippen molar-refractivity contribution in [2.24, 2.45) is 11.1 Å². The number of rotatable bonds is 4. The number of aliphatic hydroxyl groups excluding tert-OH is 1. The van der Waals surface area contributed by atoms with Gasteiger partial charge in [-0.15, -0.1) is 0 Å². The lowest BCUT2D eigenvalue weighted by Gasteiger charge is -2.31. The molecule has 0 radical (unpaired) electrons. The number of aliphatic hydroxyl groups is 1. The Kier molecular flexibility index (Phi) is 3.71. The zero-order valence-electron chi connectivity index (χ0n) is 8.79. The van der Waals surface area contributed by atoms with Gasteiger partial charge in [0.2, 0.25) is 0 Å². The van der Waals surface area contributed by atoms with E-state index in [-0.39, 0.29) is 12.0 Å². The lowest BCUT2D eigenvalue weighted by atomic mass is 9.84. The minimum atomic E-state index is -0.0801. The Bertz CT molecular complexity index is 157. The average molecular weight is 186 g/mol. The van der Waals surface area contributed by atoms with Gasteiger partial charge < -0.3 is 15.7 Å². The molecule has 78 valence electrons. The monoisotopic (exact) mass is 186 g/mol. The molecule has 1 heterocycles. The highest BCUT2D eigenvalue weighted by atomic mass is 16.3. The third kappa shape index (κ3) is 2.66. The van der Waals surface area contributed by atoms with Crippen LogP contribution in [0.1, 0.15) is 26.2 Å². The fraction of sp³-hybridized carbons (Fsp3) is 1.00. The smallest absolute Gasteiger partial charge is 0.0497 e. The van der Waals surface area contributed by atoms with Crippen molar-refractivity contribution in [3.05, 3.63) is 0 Å². The van der Waals surface area contributed by atoms with Crippen LogP contribution in [0.5, 0.6) is 0 Å². The highest BCUT2D eigenvalue weighted by Crippen LogP contribution is 2.28. The molecular formula is C10H22N2O. The molecule has 1 rings (SSSR count). The highest BCUT2D eigenvalue weighted by molar-refractivity contribution is 4.85. The molecule has 3 N–H and O–H groups in total. The van der Waals surface area contributed by atoms with Gasteiger partial charge in [-0.3, -0.25) is 0 Å². The predicted molar refractivity (Wildman–Crippen MR) is 54.5 cm³/mol. The molecule has 0 aromatic heterocycles. The SMILES string of the molecule is CN1CCCC1CC(C)(CN)CO. The molecular weight excluding hydrogens is 164 g/mol. The van der Waals surface area contributed by atoms with Crippen LogP contribution in [-0.2, 0) is 0 Å². The van der Waals surface area contributed by atoms with Crippen molar-refractivity contribution in [2.75, 3.05) is 26.7 Å². The van der Waals surface area contributed by atoms with Gasteiger partial charge in [-0.25, -0.2) is 0 Å². The van der Waals surface area contributed by atoms with Gasteiger partial charge in [0, 0.05) is 18.1 Å². The molecule has 0 amide bonds. The van der Waals surface area contributed by atoms with Crippen LogP contribution in [0, 0.1) is 5.41 Å². The van der Waals surface area contributed by atoms with Crippen molar-refractivity contribution in [3.63, 3.8) is 0 Å². The fourth-order valence-electron chi connectivity index (χ4n) is 2.02. The predicted octanol–water partition coefficient (Wildman–Crippen LogP) is 0.428. The summed E-state index contributed by atoms with van der Waals surface area (Å²) in [6.45, 7) is 4.04. The Labute approximate surface area is 80.9 Å². The summed E-state index contributed by atoms with van der Waals surface area (Å²) in [5.74, 6) is 0. The molecule has 0 aromatic carbocycles. The van der Waals surface area contributed by atoms with E-state index >= 15 is 0 Å². The molecule has 1 aliphatic heterocycles. The lowest BCUT2D eigenvalue weighted by Crippen LogP contribution is -2.38. The third-order valence-corrected chi connectivity index (χ3v) is 3.27. The van der Waals surface area contributed by atoms with Gasteiger partial charge in [0.15, 0.2) is 0 Å². The van der Waals surface area contributed by atoms with E-state index in [2.05, 4.69) is 18.9 Å². The zero-order valence-corrected chi connectivity index (χ0v) is 8.79. The third-order valence-electron chi connectivity index (χ3n) is 3.27. The van der Waals surface area contributed by atoms with E-state index in [4.69, 9.17) is 5.73 Å². The minimum Gasteiger partial charge on any atom is -0.396 e. The number of nitrogens with zero attached hydrogens (tertiary/aromatic N) is 1. The minimum absolute atomic E-state index is 0.0801. The van der Waals surface area contributed by atoms with Crippen LogP contribution < -0.4 is 5.73 Å². The summed E-state index contributed by atoms with van der Waals surface area (Å²) in [5, 5.41) is 9.23. The molecule has 0 spiro atoms. The van der Waals surface area contributed by atoms with Crippen molar-refractivity contribution in [2.45, 2.75) is 32.2 Å². The standard InChI is InChI=1S/C10H22N2O/c1-10(7-11,8-13)6-9-4-3-5-12(9)2/h9,13H,3-8,11H2,1-2H3. The van der Waals surface area contributed by atoms with Gasteiger partial charge in [-0.05, 0) is 39.4 Å². The van der Waals surface area contributed by atoms with Crippen LogP contribution in [0.15, 0.2) is 0 Å². The molecule has 3 nitrogen and oxygen atoms in total. The summed E-state index contributed by atoms with van der Waals surface area (Å²) in [7, 11) is 2.16. The summed E-state index contributed by atoms with van der Waals surface area (Å²) in [6.07, 6.45) is 3.57. The normalized spacial score (nSPS) is 29.1. The van der Waals surface area contributed by atoms with E-state index in [1.807, 2.05) is 0 Å². The molecule has 2 unspecified atom stereocenters. The molecule has 1 saturated heterocycles. The van der Waals surface area contributed by atoms with E-state index in [1.165, 1.54) is 19.4 Å². The largest absolute Gasteiger partial charge is 0.396 e. The number of likely N-dealkylation sites (tertiary alicyclic amines) is 1. The summed E-state index contributed by atoms with van der Waals surface area (Å²) in [5.41, 5.74) is 5.58. The summed E-state index contributed by atoms with van der Waals surface area (Å²) in [4.78, 5) is 2.38. The fourth-order valence-corrected chi connectivity index (χ4v) is 2.02. The molecule has 2 atom stereocenters. The Balaban J connectivity index is 2.45. The van der Waals surface area contributed by atoms with Gasteiger partial charge in [0.1, 0.15) is 0 Å². The van der Waals surface area contributed by atoms with E-state index in [0.29, 0.717) is 12.6 Å². The van der Waals surface area contributed by atoms with E-state index in [0.717, 1.165) is 6.42 Å². The first kappa shape index (κ1) is 11.0. The Morgan fingerprint density at radius 3 is 2.69 bits per heavy atom. The lowest BCUT2D eigenvalue weighted by molar-refractivity contribution is 0.109. The molecule has 0 bridgehead atoms. The van der Waals surface area contributed by atoms with Crippen LogP contribution >= 0.6 is 0 Å². The van der Waals surface area contributed by atoms with Gasteiger partial charge in [0.25, 0.3) is 0 Å². The molecule has 3 heteroatoms. The Morgan fingerprint density at radius 1 is 1.62 bits per heavy atom. The van der Waals surface area contributed by atoms with Crippen LogP contribution in [0.25, 0.3) is 0 Å². The zero-order chi connectivity index (χ0) is 9.90. The molecule has 1 aliphatic rings. The summed E-state index contributed by atoms with van der Waals surface area (Å²) in [6, 6.07) is 0.626. The number of nitrogens with two attached hydrogens (primary N) is 1. The molecule has 13 heavy (non-hydrogen) atoms. The molecule has 1 fully saturated rings. The summed E-state index contributed by atoms with van der Waals surface area (Å²) < 4.78 is 0. The molecule has 0 saturated carbocycles. The summed E-state index contributed by atoms with van der Waals surface area (Å²) >= 11 is 0. The van der Waals surface area contributed by atoms with Crippen LogP contribution in [0.3, 0.4) is 0 Å². The molecule has 0 aromatic rings. The number of hydrogen-bond donors (Lipinski definition) is 2.